The Bertz CT molecular complexity index is 990. The fourth-order valence-electron chi connectivity index (χ4n) is 3.26. The number of amides is 1. The molecule has 0 radical (unpaired) electrons. The van der Waals surface area contributed by atoms with Crippen LogP contribution >= 0.6 is 0 Å². The van der Waals surface area contributed by atoms with Crippen LogP contribution in [0.1, 0.15) is 50.4 Å². The summed E-state index contributed by atoms with van der Waals surface area (Å²) in [4.78, 5) is 24.3. The molecule has 148 valence electrons. The van der Waals surface area contributed by atoms with E-state index in [4.69, 9.17) is 9.97 Å². The van der Waals surface area contributed by atoms with Gasteiger partial charge in [-0.2, -0.15) is 0 Å². The Kier molecular flexibility index (Phi) is 5.97. The highest BCUT2D eigenvalue weighted by Crippen LogP contribution is 2.32. The van der Waals surface area contributed by atoms with Gasteiger partial charge in [-0.05, 0) is 48.6 Å². The van der Waals surface area contributed by atoms with Crippen molar-refractivity contribution in [1.82, 2.24) is 20.3 Å². The summed E-state index contributed by atoms with van der Waals surface area (Å²) >= 11 is 0. The largest absolute Gasteiger partial charge is 0.368 e. The van der Waals surface area contributed by atoms with Gasteiger partial charge in [0, 0.05) is 37.5 Å². The molecule has 1 amide bonds. The lowest BCUT2D eigenvalue weighted by molar-refractivity contribution is -0.118. The van der Waals surface area contributed by atoms with Crippen LogP contribution < -0.4 is 10.6 Å². The van der Waals surface area contributed by atoms with Gasteiger partial charge in [-0.15, -0.1) is 0 Å². The molecular formula is C22H29N5O. The highest BCUT2D eigenvalue weighted by atomic mass is 16.1. The summed E-state index contributed by atoms with van der Waals surface area (Å²) in [7, 11) is 0. The van der Waals surface area contributed by atoms with Gasteiger partial charge in [-0.25, -0.2) is 9.97 Å². The molecule has 3 aromatic rings. The highest BCUT2D eigenvalue weighted by molar-refractivity contribution is 5.85. The Morgan fingerprint density at radius 3 is 2.68 bits per heavy atom. The molecule has 0 aliphatic carbocycles. The van der Waals surface area contributed by atoms with Crippen LogP contribution in [-0.4, -0.2) is 33.9 Å². The zero-order valence-corrected chi connectivity index (χ0v) is 17.3. The number of carbonyl (C=O) groups excluding carboxylic acids is 1. The van der Waals surface area contributed by atoms with Crippen molar-refractivity contribution in [3.63, 3.8) is 0 Å². The molecule has 0 aliphatic rings. The second-order valence-corrected chi connectivity index (χ2v) is 7.41. The van der Waals surface area contributed by atoms with E-state index in [1.54, 1.807) is 0 Å². The Balaban J connectivity index is 2.05. The van der Waals surface area contributed by atoms with Crippen LogP contribution in [0.15, 0.2) is 24.4 Å². The number of H-pyrrole nitrogens is 1. The number of nitrogens with zero attached hydrogens (tertiary/aromatic N) is 2. The van der Waals surface area contributed by atoms with Crippen molar-refractivity contribution < 1.29 is 4.79 Å². The Morgan fingerprint density at radius 2 is 2.00 bits per heavy atom. The number of pyridine rings is 2. The van der Waals surface area contributed by atoms with E-state index < -0.39 is 0 Å². The molecule has 0 saturated heterocycles. The third-order valence-electron chi connectivity index (χ3n) is 4.85. The summed E-state index contributed by atoms with van der Waals surface area (Å²) in [5.74, 6) is 1.11. The summed E-state index contributed by atoms with van der Waals surface area (Å²) < 4.78 is 0. The molecule has 6 nitrogen and oxygen atoms in total. The van der Waals surface area contributed by atoms with Crippen molar-refractivity contribution >= 4 is 22.8 Å². The lowest BCUT2D eigenvalue weighted by Crippen LogP contribution is -2.26. The smallest absolute Gasteiger partial charge is 0.216 e. The topological polar surface area (TPSA) is 82.7 Å². The maximum atomic E-state index is 11.1. The average Bonchev–Trinajstić information content (AvgIpc) is 3.03. The lowest BCUT2D eigenvalue weighted by Gasteiger charge is -2.16. The van der Waals surface area contributed by atoms with Gasteiger partial charge in [0.15, 0.2) is 0 Å². The molecule has 3 rings (SSSR count). The fourth-order valence-corrected chi connectivity index (χ4v) is 3.26. The maximum Gasteiger partial charge on any atom is 0.216 e. The predicted octanol–water partition coefficient (Wildman–Crippen LogP) is 4.17. The van der Waals surface area contributed by atoms with Crippen LogP contribution in [0.5, 0.6) is 0 Å². The molecule has 0 fully saturated rings. The highest BCUT2D eigenvalue weighted by Gasteiger charge is 2.16. The first-order chi connectivity index (χ1) is 13.4. The molecule has 28 heavy (non-hydrogen) atoms. The zero-order chi connectivity index (χ0) is 20.3. The molecule has 3 aromatic heterocycles. The van der Waals surface area contributed by atoms with Crippen LogP contribution in [0.4, 0.5) is 5.82 Å². The van der Waals surface area contributed by atoms with E-state index in [1.807, 2.05) is 6.20 Å². The van der Waals surface area contributed by atoms with Crippen LogP contribution in [0.25, 0.3) is 22.3 Å². The first kappa shape index (κ1) is 19.9. The quantitative estimate of drug-likeness (QED) is 0.538. The number of nitrogens with one attached hydrogen (secondary N) is 3. The summed E-state index contributed by atoms with van der Waals surface area (Å²) in [6, 6.07) is 6.37. The molecule has 0 aliphatic heterocycles. The van der Waals surface area contributed by atoms with Gasteiger partial charge < -0.3 is 15.6 Å². The van der Waals surface area contributed by atoms with Crippen molar-refractivity contribution in [2.75, 3.05) is 18.4 Å². The van der Waals surface area contributed by atoms with Crippen molar-refractivity contribution in [3.8, 4) is 11.3 Å². The number of aryl methyl sites for hydroxylation is 2. The third-order valence-corrected chi connectivity index (χ3v) is 4.85. The van der Waals surface area contributed by atoms with E-state index in [0.717, 1.165) is 45.8 Å². The SMILES string of the molecule is CCc1cc2[nH]cc(C)c2nc1-c1ccc(C(C)C)nc1NCCNC(C)=O. The number of anilines is 1. The minimum atomic E-state index is -0.0331. The molecule has 3 heterocycles. The van der Waals surface area contributed by atoms with Gasteiger partial charge in [0.1, 0.15) is 5.82 Å². The molecule has 0 unspecified atom stereocenters. The Labute approximate surface area is 166 Å². The van der Waals surface area contributed by atoms with Crippen molar-refractivity contribution in [2.24, 2.45) is 0 Å². The second-order valence-electron chi connectivity index (χ2n) is 7.41. The number of hydrogen-bond acceptors (Lipinski definition) is 4. The molecule has 0 atom stereocenters. The van der Waals surface area contributed by atoms with Gasteiger partial charge >= 0.3 is 0 Å². The number of aromatic amines is 1. The summed E-state index contributed by atoms with van der Waals surface area (Å²) in [5, 5.41) is 6.21. The maximum absolute atomic E-state index is 11.1. The third kappa shape index (κ3) is 4.16. The van der Waals surface area contributed by atoms with E-state index in [0.29, 0.717) is 19.0 Å². The summed E-state index contributed by atoms with van der Waals surface area (Å²) in [6.07, 6.45) is 2.88. The lowest BCUT2D eigenvalue weighted by atomic mass is 10.0. The normalized spacial score (nSPS) is 11.2. The second kappa shape index (κ2) is 8.42. The Hall–Kier alpha value is -2.89. The standard InChI is InChI=1S/C22H29N5O/c1-6-16-11-19-20(14(4)12-25-19)27-21(16)17-7-8-18(13(2)3)26-22(17)24-10-9-23-15(5)28/h7-8,11-13,25H,6,9-10H2,1-5H3,(H,23,28)(H,24,26). The molecule has 0 saturated carbocycles. The number of carbonyl (C=O) groups is 1. The molecule has 6 heteroatoms. The van der Waals surface area contributed by atoms with Crippen molar-refractivity contribution in [1.29, 1.82) is 0 Å². The minimum Gasteiger partial charge on any atom is -0.368 e. The summed E-state index contributed by atoms with van der Waals surface area (Å²) in [5.41, 5.74) is 7.34. The van der Waals surface area contributed by atoms with E-state index >= 15 is 0 Å². The average molecular weight is 380 g/mol. The predicted molar refractivity (Wildman–Crippen MR) is 115 cm³/mol. The minimum absolute atomic E-state index is 0.0331. The zero-order valence-electron chi connectivity index (χ0n) is 17.3. The first-order valence-electron chi connectivity index (χ1n) is 9.88. The number of fused-ring (bicyclic) bond motifs is 1. The first-order valence-corrected chi connectivity index (χ1v) is 9.88. The Morgan fingerprint density at radius 1 is 1.21 bits per heavy atom. The molecule has 3 N–H and O–H groups in total. The van der Waals surface area contributed by atoms with Gasteiger partial charge in [0.2, 0.25) is 5.91 Å². The monoisotopic (exact) mass is 379 g/mol. The van der Waals surface area contributed by atoms with Gasteiger partial charge in [0.05, 0.1) is 16.7 Å². The molecule has 0 aromatic carbocycles. The number of rotatable bonds is 7. The summed E-state index contributed by atoms with van der Waals surface area (Å²) in [6.45, 7) is 11.1. The van der Waals surface area contributed by atoms with E-state index in [9.17, 15) is 4.79 Å². The van der Waals surface area contributed by atoms with Gasteiger partial charge in [0.25, 0.3) is 0 Å². The van der Waals surface area contributed by atoms with Crippen LogP contribution in [-0.2, 0) is 11.2 Å². The number of hydrogen-bond donors (Lipinski definition) is 3. The fraction of sp³-hybridized carbons (Fsp3) is 0.409. The molecule has 0 spiro atoms. The van der Waals surface area contributed by atoms with E-state index in [1.165, 1.54) is 12.5 Å². The van der Waals surface area contributed by atoms with Crippen molar-refractivity contribution in [2.45, 2.75) is 47.0 Å². The van der Waals surface area contributed by atoms with Gasteiger partial charge in [-0.3, -0.25) is 4.79 Å². The molecular weight excluding hydrogens is 350 g/mol. The van der Waals surface area contributed by atoms with Gasteiger partial charge in [-0.1, -0.05) is 20.8 Å². The van der Waals surface area contributed by atoms with E-state index in [2.05, 4.69) is 61.5 Å². The van der Waals surface area contributed by atoms with Crippen LogP contribution in [0.2, 0.25) is 0 Å². The number of aromatic nitrogens is 3. The van der Waals surface area contributed by atoms with Crippen molar-refractivity contribution in [3.05, 3.63) is 41.2 Å². The van der Waals surface area contributed by atoms with Crippen LogP contribution in [0.3, 0.4) is 0 Å². The molecule has 0 bridgehead atoms. The van der Waals surface area contributed by atoms with Crippen LogP contribution in [0, 0.1) is 6.92 Å². The van der Waals surface area contributed by atoms with E-state index in [-0.39, 0.29) is 5.91 Å².